The van der Waals surface area contributed by atoms with Crippen molar-refractivity contribution in [2.75, 3.05) is 7.05 Å². The van der Waals surface area contributed by atoms with Crippen molar-refractivity contribution in [3.05, 3.63) is 22.9 Å². The van der Waals surface area contributed by atoms with Gasteiger partial charge in [-0.15, -0.1) is 0 Å². The first-order chi connectivity index (χ1) is 8.51. The minimum Gasteiger partial charge on any atom is -0.262 e. The molecule has 1 aromatic heterocycles. The molecule has 0 aliphatic heterocycles. The Morgan fingerprint density at radius 3 is 2.56 bits per heavy atom. The molecule has 6 heteroatoms. The van der Waals surface area contributed by atoms with Crippen molar-refractivity contribution >= 4 is 26.0 Å². The van der Waals surface area contributed by atoms with Gasteiger partial charge in [0, 0.05) is 30.0 Å². The highest BCUT2D eigenvalue weighted by atomic mass is 79.9. The van der Waals surface area contributed by atoms with Gasteiger partial charge >= 0.3 is 0 Å². The Labute approximate surface area is 117 Å². The van der Waals surface area contributed by atoms with Crippen LogP contribution in [0.5, 0.6) is 0 Å². The van der Waals surface area contributed by atoms with Gasteiger partial charge in [-0.25, -0.2) is 8.42 Å². The summed E-state index contributed by atoms with van der Waals surface area (Å²) in [5, 5.41) is 0. The number of hydrogen-bond donors (Lipinski definition) is 0. The van der Waals surface area contributed by atoms with Crippen LogP contribution in [-0.2, 0) is 10.0 Å². The van der Waals surface area contributed by atoms with Crippen molar-refractivity contribution in [2.24, 2.45) is 0 Å². The van der Waals surface area contributed by atoms with Gasteiger partial charge in [0.25, 0.3) is 0 Å². The van der Waals surface area contributed by atoms with Gasteiger partial charge in [0.2, 0.25) is 10.0 Å². The zero-order valence-corrected chi connectivity index (χ0v) is 12.7. The molecule has 100 valence electrons. The highest BCUT2D eigenvalue weighted by molar-refractivity contribution is 9.10. The Bertz CT molecular complexity index is 513. The predicted octanol–water partition coefficient (Wildman–Crippen LogP) is 2.80. The lowest BCUT2D eigenvalue weighted by Gasteiger charge is -2.30. The van der Waals surface area contributed by atoms with Gasteiger partial charge in [-0.1, -0.05) is 19.3 Å². The zero-order valence-electron chi connectivity index (χ0n) is 10.3. The molecule has 18 heavy (non-hydrogen) atoms. The molecule has 1 saturated carbocycles. The average molecular weight is 333 g/mol. The summed E-state index contributed by atoms with van der Waals surface area (Å²) in [7, 11) is -1.75. The maximum absolute atomic E-state index is 12.4. The summed E-state index contributed by atoms with van der Waals surface area (Å²) in [6.07, 6.45) is 8.33. The number of sulfonamides is 1. The highest BCUT2D eigenvalue weighted by Gasteiger charge is 2.29. The number of halogens is 1. The third-order valence-electron chi connectivity index (χ3n) is 3.45. The maximum Gasteiger partial charge on any atom is 0.244 e. The van der Waals surface area contributed by atoms with E-state index in [1.54, 1.807) is 19.3 Å². The second kappa shape index (κ2) is 5.67. The molecule has 0 bridgehead atoms. The van der Waals surface area contributed by atoms with E-state index in [2.05, 4.69) is 20.9 Å². The molecule has 0 N–H and O–H groups in total. The van der Waals surface area contributed by atoms with Crippen molar-refractivity contribution in [1.82, 2.24) is 9.29 Å². The summed E-state index contributed by atoms with van der Waals surface area (Å²) in [5.41, 5.74) is 0. The lowest BCUT2D eigenvalue weighted by molar-refractivity contribution is 0.286. The normalized spacial score (nSPS) is 18.2. The molecule has 0 spiro atoms. The third-order valence-corrected chi connectivity index (χ3v) is 5.75. The standard InChI is InChI=1S/C12H17BrN2O2S/c1-15(11-5-3-2-4-6-11)18(16,17)12-7-10(13)8-14-9-12/h7-9,11H,2-6H2,1H3. The monoisotopic (exact) mass is 332 g/mol. The second-order valence-corrected chi connectivity index (χ2v) is 7.57. The summed E-state index contributed by atoms with van der Waals surface area (Å²) >= 11 is 3.25. The molecule has 0 aromatic carbocycles. The molecule has 2 rings (SSSR count). The average Bonchev–Trinajstić information content (AvgIpc) is 2.39. The molecular formula is C12H17BrN2O2S. The van der Waals surface area contributed by atoms with Crippen LogP contribution < -0.4 is 0 Å². The van der Waals surface area contributed by atoms with Crippen LogP contribution in [-0.4, -0.2) is 30.8 Å². The number of pyridine rings is 1. The van der Waals surface area contributed by atoms with Gasteiger partial charge in [0.1, 0.15) is 4.90 Å². The van der Waals surface area contributed by atoms with Crippen LogP contribution in [0.25, 0.3) is 0 Å². The Kier molecular flexibility index (Phi) is 4.40. The second-order valence-electron chi connectivity index (χ2n) is 4.65. The van der Waals surface area contributed by atoms with Crippen molar-refractivity contribution in [2.45, 2.75) is 43.0 Å². The molecule has 0 atom stereocenters. The molecular weight excluding hydrogens is 316 g/mol. The van der Waals surface area contributed by atoms with Gasteiger partial charge in [0.15, 0.2) is 0 Å². The number of rotatable bonds is 3. The van der Waals surface area contributed by atoms with Crippen molar-refractivity contribution in [3.8, 4) is 0 Å². The van der Waals surface area contributed by atoms with Crippen LogP contribution in [0.4, 0.5) is 0 Å². The molecule has 0 radical (unpaired) electrons. The Morgan fingerprint density at radius 2 is 1.94 bits per heavy atom. The summed E-state index contributed by atoms with van der Waals surface area (Å²) < 4.78 is 27.1. The summed E-state index contributed by atoms with van der Waals surface area (Å²) in [6, 6.07) is 1.73. The molecule has 1 aliphatic carbocycles. The first-order valence-electron chi connectivity index (χ1n) is 6.10. The summed E-state index contributed by atoms with van der Waals surface area (Å²) in [4.78, 5) is 4.18. The SMILES string of the molecule is CN(C1CCCCC1)S(=O)(=O)c1cncc(Br)c1. The predicted molar refractivity (Wildman–Crippen MR) is 73.8 cm³/mol. The highest BCUT2D eigenvalue weighted by Crippen LogP contribution is 2.26. The molecule has 4 nitrogen and oxygen atoms in total. The van der Waals surface area contributed by atoms with Crippen LogP contribution >= 0.6 is 15.9 Å². The van der Waals surface area contributed by atoms with Gasteiger partial charge in [-0.3, -0.25) is 4.98 Å². The van der Waals surface area contributed by atoms with E-state index in [4.69, 9.17) is 0 Å². The maximum atomic E-state index is 12.4. The van der Waals surface area contributed by atoms with Crippen LogP contribution in [0, 0.1) is 0 Å². The Morgan fingerprint density at radius 1 is 1.28 bits per heavy atom. The zero-order chi connectivity index (χ0) is 13.2. The molecule has 0 amide bonds. The molecule has 0 unspecified atom stereocenters. The molecule has 1 aromatic rings. The quantitative estimate of drug-likeness (QED) is 0.855. The molecule has 1 fully saturated rings. The number of aromatic nitrogens is 1. The smallest absolute Gasteiger partial charge is 0.244 e. The van der Waals surface area contributed by atoms with E-state index < -0.39 is 10.0 Å². The van der Waals surface area contributed by atoms with Gasteiger partial charge < -0.3 is 0 Å². The van der Waals surface area contributed by atoms with Gasteiger partial charge in [-0.05, 0) is 34.8 Å². The van der Waals surface area contributed by atoms with E-state index in [0.29, 0.717) is 4.47 Å². The molecule has 1 heterocycles. The third kappa shape index (κ3) is 2.92. The lowest BCUT2D eigenvalue weighted by atomic mass is 9.96. The number of hydrogen-bond acceptors (Lipinski definition) is 3. The van der Waals surface area contributed by atoms with E-state index in [9.17, 15) is 8.42 Å². The lowest BCUT2D eigenvalue weighted by Crippen LogP contribution is -2.38. The Hall–Kier alpha value is -0.460. The fraction of sp³-hybridized carbons (Fsp3) is 0.583. The first kappa shape index (κ1) is 14.0. The summed E-state index contributed by atoms with van der Waals surface area (Å²) in [6.45, 7) is 0. The Balaban J connectivity index is 2.24. The first-order valence-corrected chi connectivity index (χ1v) is 8.34. The van der Waals surface area contributed by atoms with Crippen molar-refractivity contribution in [3.63, 3.8) is 0 Å². The molecule has 1 aliphatic rings. The van der Waals surface area contributed by atoms with Crippen LogP contribution in [0.15, 0.2) is 27.8 Å². The van der Waals surface area contributed by atoms with Crippen LogP contribution in [0.2, 0.25) is 0 Å². The largest absolute Gasteiger partial charge is 0.262 e. The van der Waals surface area contributed by atoms with E-state index in [0.717, 1.165) is 25.7 Å². The van der Waals surface area contributed by atoms with E-state index in [1.165, 1.54) is 16.9 Å². The fourth-order valence-corrected chi connectivity index (χ4v) is 4.26. The van der Waals surface area contributed by atoms with Gasteiger partial charge in [0.05, 0.1) is 0 Å². The topological polar surface area (TPSA) is 50.3 Å². The van der Waals surface area contributed by atoms with E-state index in [1.807, 2.05) is 0 Å². The van der Waals surface area contributed by atoms with Crippen LogP contribution in [0.1, 0.15) is 32.1 Å². The van der Waals surface area contributed by atoms with E-state index in [-0.39, 0.29) is 10.9 Å². The van der Waals surface area contributed by atoms with Crippen LogP contribution in [0.3, 0.4) is 0 Å². The number of nitrogens with zero attached hydrogens (tertiary/aromatic N) is 2. The summed E-state index contributed by atoms with van der Waals surface area (Å²) in [5.74, 6) is 0. The minimum atomic E-state index is -3.42. The van der Waals surface area contributed by atoms with Crippen molar-refractivity contribution in [1.29, 1.82) is 0 Å². The fourth-order valence-electron chi connectivity index (χ4n) is 2.34. The van der Waals surface area contributed by atoms with E-state index >= 15 is 0 Å². The minimum absolute atomic E-state index is 0.128. The van der Waals surface area contributed by atoms with Crippen molar-refractivity contribution < 1.29 is 8.42 Å². The molecule has 0 saturated heterocycles. The van der Waals surface area contributed by atoms with Gasteiger partial charge in [-0.2, -0.15) is 4.31 Å².